The van der Waals surface area contributed by atoms with Gasteiger partial charge in [0.25, 0.3) is 0 Å². The Bertz CT molecular complexity index is 956. The highest BCUT2D eigenvalue weighted by atomic mass is 16.5. The first-order valence-corrected chi connectivity index (χ1v) is 8.91. The van der Waals surface area contributed by atoms with Crippen LogP contribution in [0.4, 0.5) is 0 Å². The fourth-order valence-electron chi connectivity index (χ4n) is 2.66. The van der Waals surface area contributed by atoms with Gasteiger partial charge in [-0.05, 0) is 51.1 Å². The summed E-state index contributed by atoms with van der Waals surface area (Å²) in [5, 5.41) is 0. The molecule has 1 heterocycles. The summed E-state index contributed by atoms with van der Waals surface area (Å²) in [6, 6.07) is 12.6. The normalized spacial score (nSPS) is 10.6. The van der Waals surface area contributed by atoms with Crippen molar-refractivity contribution >= 4 is 17.0 Å². The lowest BCUT2D eigenvalue weighted by Gasteiger charge is -2.12. The molecule has 3 aromatic rings. The molecule has 2 aromatic carbocycles. The van der Waals surface area contributed by atoms with Gasteiger partial charge >= 0.3 is 5.97 Å². The smallest absolute Gasteiger partial charge is 0.338 e. The monoisotopic (exact) mass is 366 g/mol. The molecule has 0 bridgehead atoms. The van der Waals surface area contributed by atoms with Gasteiger partial charge in [0.2, 0.25) is 0 Å². The lowest BCUT2D eigenvalue weighted by Crippen LogP contribution is -2.09. The van der Waals surface area contributed by atoms with Gasteiger partial charge in [0.1, 0.15) is 6.61 Å². The minimum atomic E-state index is -0.451. The summed E-state index contributed by atoms with van der Waals surface area (Å²) in [7, 11) is 0. The van der Waals surface area contributed by atoms with Crippen LogP contribution in [0.5, 0.6) is 11.5 Å². The van der Waals surface area contributed by atoms with Gasteiger partial charge in [0, 0.05) is 0 Å². The Kier molecular flexibility index (Phi) is 5.86. The summed E-state index contributed by atoms with van der Waals surface area (Å²) in [6.07, 6.45) is 0. The van der Waals surface area contributed by atoms with Gasteiger partial charge in [0.15, 0.2) is 11.5 Å². The van der Waals surface area contributed by atoms with Crippen molar-refractivity contribution in [2.75, 3.05) is 13.2 Å². The van der Waals surface area contributed by atoms with Crippen molar-refractivity contribution in [2.24, 2.45) is 0 Å². The molecule has 0 aliphatic carbocycles. The minimum Gasteiger partial charge on any atom is -0.490 e. The van der Waals surface area contributed by atoms with Crippen LogP contribution in [0, 0.1) is 6.92 Å². The fourth-order valence-corrected chi connectivity index (χ4v) is 2.66. The number of nitrogens with zero attached hydrogens (tertiary/aromatic N) is 2. The number of benzene rings is 2. The predicted octanol–water partition coefficient (Wildman–Crippen LogP) is 4.09. The summed E-state index contributed by atoms with van der Waals surface area (Å²) in [5.74, 6) is 0.677. The molecule has 0 fully saturated rings. The molecule has 0 atom stereocenters. The zero-order valence-corrected chi connectivity index (χ0v) is 15.7. The van der Waals surface area contributed by atoms with E-state index in [1.807, 2.05) is 45.0 Å². The molecule has 0 aliphatic heterocycles. The Balaban J connectivity index is 1.76. The highest BCUT2D eigenvalue weighted by Crippen LogP contribution is 2.29. The van der Waals surface area contributed by atoms with Crippen LogP contribution in [0.2, 0.25) is 0 Å². The topological polar surface area (TPSA) is 70.5 Å². The van der Waals surface area contributed by atoms with Crippen molar-refractivity contribution in [1.29, 1.82) is 0 Å². The largest absolute Gasteiger partial charge is 0.490 e. The number of hydrogen-bond acceptors (Lipinski definition) is 6. The van der Waals surface area contributed by atoms with Crippen LogP contribution in [-0.2, 0) is 11.3 Å². The van der Waals surface area contributed by atoms with Gasteiger partial charge in [-0.1, -0.05) is 12.1 Å². The van der Waals surface area contributed by atoms with Crippen LogP contribution in [0.25, 0.3) is 11.0 Å². The van der Waals surface area contributed by atoms with Gasteiger partial charge in [-0.15, -0.1) is 0 Å². The van der Waals surface area contributed by atoms with Crippen molar-refractivity contribution in [3.8, 4) is 11.5 Å². The average Bonchev–Trinajstić information content (AvgIpc) is 2.67. The van der Waals surface area contributed by atoms with E-state index in [2.05, 4.69) is 9.97 Å². The van der Waals surface area contributed by atoms with Crippen LogP contribution < -0.4 is 9.47 Å². The van der Waals surface area contributed by atoms with E-state index in [9.17, 15) is 4.79 Å². The summed E-state index contributed by atoms with van der Waals surface area (Å²) in [6.45, 7) is 6.67. The number of aryl methyl sites for hydroxylation is 1. The number of aromatic nitrogens is 2. The van der Waals surface area contributed by atoms with Crippen molar-refractivity contribution in [3.05, 3.63) is 59.4 Å². The summed E-state index contributed by atoms with van der Waals surface area (Å²) in [5.41, 5.74) is 3.36. The lowest BCUT2D eigenvalue weighted by molar-refractivity contribution is 0.0466. The standard InChI is InChI=1S/C21H22N2O4/c1-4-25-19-11-10-15(12-20(19)26-5-2)21(24)27-13-18-14(3)22-16-8-6-7-9-17(16)23-18/h6-12H,4-5,13H2,1-3H3. The Morgan fingerprint density at radius 1 is 0.926 bits per heavy atom. The van der Waals surface area contributed by atoms with Gasteiger partial charge in [-0.3, -0.25) is 0 Å². The third kappa shape index (κ3) is 4.34. The zero-order valence-electron chi connectivity index (χ0n) is 15.7. The van der Waals surface area contributed by atoms with Gasteiger partial charge in [0.05, 0.1) is 41.2 Å². The maximum Gasteiger partial charge on any atom is 0.338 e. The first-order chi connectivity index (χ1) is 13.1. The predicted molar refractivity (Wildman–Crippen MR) is 102 cm³/mol. The molecular formula is C21H22N2O4. The summed E-state index contributed by atoms with van der Waals surface area (Å²) in [4.78, 5) is 21.5. The molecule has 0 unspecified atom stereocenters. The highest BCUT2D eigenvalue weighted by Gasteiger charge is 2.14. The number of para-hydroxylation sites is 2. The second kappa shape index (κ2) is 8.49. The third-order valence-electron chi connectivity index (χ3n) is 3.96. The molecule has 0 radical (unpaired) electrons. The molecule has 6 heteroatoms. The van der Waals surface area contributed by atoms with E-state index in [0.29, 0.717) is 36.0 Å². The maximum absolute atomic E-state index is 12.5. The van der Waals surface area contributed by atoms with Crippen molar-refractivity contribution in [2.45, 2.75) is 27.4 Å². The van der Waals surface area contributed by atoms with Gasteiger partial charge < -0.3 is 14.2 Å². The quantitative estimate of drug-likeness (QED) is 0.587. The number of rotatable bonds is 7. The highest BCUT2D eigenvalue weighted by molar-refractivity contribution is 5.90. The van der Waals surface area contributed by atoms with E-state index >= 15 is 0 Å². The Morgan fingerprint density at radius 3 is 2.30 bits per heavy atom. The molecule has 0 amide bonds. The second-order valence-corrected chi connectivity index (χ2v) is 5.85. The molecule has 0 N–H and O–H groups in total. The molecule has 27 heavy (non-hydrogen) atoms. The van der Waals surface area contributed by atoms with E-state index in [1.54, 1.807) is 18.2 Å². The van der Waals surface area contributed by atoms with Gasteiger partial charge in [-0.2, -0.15) is 0 Å². The van der Waals surface area contributed by atoms with E-state index in [1.165, 1.54) is 0 Å². The molecule has 6 nitrogen and oxygen atoms in total. The van der Waals surface area contributed by atoms with Crippen LogP contribution in [0.3, 0.4) is 0 Å². The van der Waals surface area contributed by atoms with Crippen molar-refractivity contribution in [3.63, 3.8) is 0 Å². The molecule has 0 spiro atoms. The molecular weight excluding hydrogens is 344 g/mol. The second-order valence-electron chi connectivity index (χ2n) is 5.85. The van der Waals surface area contributed by atoms with Crippen LogP contribution in [-0.4, -0.2) is 29.2 Å². The van der Waals surface area contributed by atoms with Gasteiger partial charge in [-0.25, -0.2) is 14.8 Å². The van der Waals surface area contributed by atoms with E-state index in [4.69, 9.17) is 14.2 Å². The van der Waals surface area contributed by atoms with Crippen molar-refractivity contribution < 1.29 is 19.0 Å². The lowest BCUT2D eigenvalue weighted by atomic mass is 10.2. The minimum absolute atomic E-state index is 0.0552. The number of carbonyl (C=O) groups excluding carboxylic acids is 1. The van der Waals surface area contributed by atoms with E-state index in [-0.39, 0.29) is 6.61 Å². The number of hydrogen-bond donors (Lipinski definition) is 0. The Labute approximate surface area is 158 Å². The number of ether oxygens (including phenoxy) is 3. The third-order valence-corrected chi connectivity index (χ3v) is 3.96. The molecule has 1 aromatic heterocycles. The van der Waals surface area contributed by atoms with Crippen LogP contribution in [0.1, 0.15) is 35.6 Å². The number of fused-ring (bicyclic) bond motifs is 1. The van der Waals surface area contributed by atoms with E-state index < -0.39 is 5.97 Å². The SMILES string of the molecule is CCOc1ccc(C(=O)OCc2nc3ccccc3nc2C)cc1OCC. The summed E-state index contributed by atoms with van der Waals surface area (Å²) < 4.78 is 16.5. The van der Waals surface area contributed by atoms with E-state index in [0.717, 1.165) is 16.7 Å². The average molecular weight is 366 g/mol. The Morgan fingerprint density at radius 2 is 1.59 bits per heavy atom. The fraction of sp³-hybridized carbons (Fsp3) is 0.286. The molecule has 0 saturated heterocycles. The summed E-state index contributed by atoms with van der Waals surface area (Å²) >= 11 is 0. The molecule has 0 aliphatic rings. The zero-order chi connectivity index (χ0) is 19.2. The Hall–Kier alpha value is -3.15. The number of carbonyl (C=O) groups is 1. The molecule has 0 saturated carbocycles. The van der Waals surface area contributed by atoms with Crippen LogP contribution in [0.15, 0.2) is 42.5 Å². The van der Waals surface area contributed by atoms with Crippen LogP contribution >= 0.6 is 0 Å². The first kappa shape index (κ1) is 18.6. The number of esters is 1. The molecule has 3 rings (SSSR count). The van der Waals surface area contributed by atoms with Crippen molar-refractivity contribution in [1.82, 2.24) is 9.97 Å². The first-order valence-electron chi connectivity index (χ1n) is 8.91. The molecule has 140 valence electrons. The maximum atomic E-state index is 12.5.